The van der Waals surface area contributed by atoms with Gasteiger partial charge in [0.25, 0.3) is 0 Å². The molecule has 0 aromatic rings. The van der Waals surface area contributed by atoms with Crippen LogP contribution in [0.15, 0.2) is 23.8 Å². The molecule has 0 radical (unpaired) electrons. The molecule has 0 aromatic carbocycles. The molecule has 1 aliphatic carbocycles. The second kappa shape index (κ2) is 5.29. The van der Waals surface area contributed by atoms with Crippen LogP contribution >= 0.6 is 0 Å². The third-order valence-electron chi connectivity index (χ3n) is 3.27. The summed E-state index contributed by atoms with van der Waals surface area (Å²) in [5.74, 6) is -1.94. The number of esters is 1. The monoisotopic (exact) mass is 266 g/mol. The van der Waals surface area contributed by atoms with Crippen LogP contribution in [0.4, 0.5) is 0 Å². The van der Waals surface area contributed by atoms with E-state index in [4.69, 9.17) is 4.74 Å². The molecule has 106 valence electrons. The lowest BCUT2D eigenvalue weighted by Gasteiger charge is -2.38. The van der Waals surface area contributed by atoms with Gasteiger partial charge in [-0.15, -0.1) is 0 Å². The van der Waals surface area contributed by atoms with E-state index in [0.717, 1.165) is 0 Å². The average molecular weight is 266 g/mol. The van der Waals surface area contributed by atoms with E-state index in [1.165, 1.54) is 6.08 Å². The minimum Gasteiger partial charge on any atom is -0.465 e. The molecule has 0 bridgehead atoms. The van der Waals surface area contributed by atoms with Crippen LogP contribution in [-0.2, 0) is 14.3 Å². The topological polar surface area (TPSA) is 63.6 Å². The van der Waals surface area contributed by atoms with E-state index >= 15 is 0 Å². The molecule has 1 rings (SSSR count). The molecular formula is C15H22O4. The maximum Gasteiger partial charge on any atom is 0.316 e. The smallest absolute Gasteiger partial charge is 0.316 e. The van der Waals surface area contributed by atoms with Crippen LogP contribution < -0.4 is 0 Å². The zero-order valence-electron chi connectivity index (χ0n) is 12.2. The Bertz CT molecular complexity index is 440. The van der Waals surface area contributed by atoms with Gasteiger partial charge < -0.3 is 9.84 Å². The fourth-order valence-electron chi connectivity index (χ4n) is 2.20. The van der Waals surface area contributed by atoms with Gasteiger partial charge in [-0.1, -0.05) is 39.0 Å². The van der Waals surface area contributed by atoms with Crippen molar-refractivity contribution in [1.82, 2.24) is 0 Å². The largest absolute Gasteiger partial charge is 0.465 e. The fraction of sp³-hybridized carbons (Fsp3) is 0.600. The van der Waals surface area contributed by atoms with Gasteiger partial charge in [0.1, 0.15) is 5.92 Å². The van der Waals surface area contributed by atoms with Crippen LogP contribution in [0, 0.1) is 11.3 Å². The molecule has 0 saturated carbocycles. The molecule has 0 saturated heterocycles. The zero-order chi connectivity index (χ0) is 14.8. The van der Waals surface area contributed by atoms with Crippen molar-refractivity contribution in [2.75, 3.05) is 6.61 Å². The van der Waals surface area contributed by atoms with E-state index < -0.39 is 22.9 Å². The Morgan fingerprint density at radius 3 is 2.47 bits per heavy atom. The standard InChI is InChI=1S/C15H22O4/c1-6-19-12(16)11-9-7-8-10(2)15(11,18)13(17)14(3,4)5/h7-9,11,18H,6H2,1-5H3. The summed E-state index contributed by atoms with van der Waals surface area (Å²) in [6.45, 7) is 8.73. The lowest BCUT2D eigenvalue weighted by Crippen LogP contribution is -2.54. The number of aliphatic hydroxyl groups is 1. The van der Waals surface area contributed by atoms with Crippen molar-refractivity contribution < 1.29 is 19.4 Å². The molecule has 4 nitrogen and oxygen atoms in total. The van der Waals surface area contributed by atoms with Gasteiger partial charge in [-0.25, -0.2) is 0 Å². The summed E-state index contributed by atoms with van der Waals surface area (Å²) in [6, 6.07) is 0. The second-order valence-corrected chi connectivity index (χ2v) is 5.81. The summed E-state index contributed by atoms with van der Waals surface area (Å²) in [7, 11) is 0. The van der Waals surface area contributed by atoms with Gasteiger partial charge in [-0.05, 0) is 19.4 Å². The van der Waals surface area contributed by atoms with E-state index in [9.17, 15) is 14.7 Å². The Labute approximate surface area is 114 Å². The van der Waals surface area contributed by atoms with Crippen LogP contribution in [0.3, 0.4) is 0 Å². The van der Waals surface area contributed by atoms with E-state index in [1.807, 2.05) is 0 Å². The number of ether oxygens (including phenoxy) is 1. The summed E-state index contributed by atoms with van der Waals surface area (Å²) in [5.41, 5.74) is -2.10. The first-order valence-electron chi connectivity index (χ1n) is 6.45. The van der Waals surface area contributed by atoms with Crippen LogP contribution in [0.1, 0.15) is 34.6 Å². The fourth-order valence-corrected chi connectivity index (χ4v) is 2.20. The highest BCUT2D eigenvalue weighted by Gasteiger charge is 2.52. The summed E-state index contributed by atoms with van der Waals surface area (Å²) >= 11 is 0. The summed E-state index contributed by atoms with van der Waals surface area (Å²) in [6.07, 6.45) is 4.84. The molecule has 0 heterocycles. The van der Waals surface area contributed by atoms with Crippen LogP contribution in [-0.4, -0.2) is 29.1 Å². The van der Waals surface area contributed by atoms with Crippen molar-refractivity contribution in [1.29, 1.82) is 0 Å². The van der Waals surface area contributed by atoms with Gasteiger partial charge >= 0.3 is 5.97 Å². The first-order valence-corrected chi connectivity index (χ1v) is 6.45. The maximum atomic E-state index is 12.5. The van der Waals surface area contributed by atoms with Crippen molar-refractivity contribution in [2.45, 2.75) is 40.2 Å². The molecule has 0 aliphatic heterocycles. The van der Waals surface area contributed by atoms with E-state index in [1.54, 1.807) is 46.8 Å². The number of hydrogen-bond donors (Lipinski definition) is 1. The van der Waals surface area contributed by atoms with Gasteiger partial charge in [0.2, 0.25) is 0 Å². The van der Waals surface area contributed by atoms with Crippen LogP contribution in [0.25, 0.3) is 0 Å². The lowest BCUT2D eigenvalue weighted by atomic mass is 9.68. The highest BCUT2D eigenvalue weighted by atomic mass is 16.5. The molecule has 0 spiro atoms. The molecule has 0 aromatic heterocycles. The molecule has 2 atom stereocenters. The minimum absolute atomic E-state index is 0.214. The molecule has 2 unspecified atom stereocenters. The van der Waals surface area contributed by atoms with Crippen molar-refractivity contribution in [3.8, 4) is 0 Å². The molecular weight excluding hydrogens is 244 g/mol. The van der Waals surface area contributed by atoms with Gasteiger partial charge in [-0.3, -0.25) is 9.59 Å². The van der Waals surface area contributed by atoms with Gasteiger partial charge in [0.05, 0.1) is 6.61 Å². The lowest BCUT2D eigenvalue weighted by molar-refractivity contribution is -0.162. The molecule has 1 aliphatic rings. The number of allylic oxidation sites excluding steroid dienone is 2. The van der Waals surface area contributed by atoms with Crippen molar-refractivity contribution in [2.24, 2.45) is 11.3 Å². The predicted molar refractivity (Wildman–Crippen MR) is 72.4 cm³/mol. The maximum absolute atomic E-state index is 12.5. The second-order valence-electron chi connectivity index (χ2n) is 5.81. The van der Waals surface area contributed by atoms with Gasteiger partial charge in [-0.2, -0.15) is 0 Å². The molecule has 0 fully saturated rings. The van der Waals surface area contributed by atoms with Crippen molar-refractivity contribution >= 4 is 11.8 Å². The number of rotatable bonds is 3. The minimum atomic E-state index is -1.82. The van der Waals surface area contributed by atoms with E-state index in [0.29, 0.717) is 5.57 Å². The first kappa shape index (κ1) is 15.6. The number of ketones is 1. The number of carbonyl (C=O) groups is 2. The molecule has 4 heteroatoms. The summed E-state index contributed by atoms with van der Waals surface area (Å²) < 4.78 is 4.96. The quantitative estimate of drug-likeness (QED) is 0.794. The van der Waals surface area contributed by atoms with Crippen LogP contribution in [0.5, 0.6) is 0 Å². The van der Waals surface area contributed by atoms with Crippen molar-refractivity contribution in [3.05, 3.63) is 23.8 Å². The zero-order valence-corrected chi connectivity index (χ0v) is 12.2. The Morgan fingerprint density at radius 2 is 2.00 bits per heavy atom. The third-order valence-corrected chi connectivity index (χ3v) is 3.27. The predicted octanol–water partition coefficient (Wildman–Crippen LogP) is 2.03. The van der Waals surface area contributed by atoms with E-state index in [-0.39, 0.29) is 12.4 Å². The highest BCUT2D eigenvalue weighted by Crippen LogP contribution is 2.37. The molecule has 1 N–H and O–H groups in total. The van der Waals surface area contributed by atoms with Gasteiger partial charge in [0, 0.05) is 5.41 Å². The number of carbonyl (C=O) groups excluding carboxylic acids is 2. The number of Topliss-reactive ketones (excluding diaryl/α,β-unsaturated/α-hetero) is 1. The van der Waals surface area contributed by atoms with E-state index in [2.05, 4.69) is 0 Å². The molecule has 19 heavy (non-hydrogen) atoms. The summed E-state index contributed by atoms with van der Waals surface area (Å²) in [4.78, 5) is 24.5. The normalized spacial score (nSPS) is 26.8. The average Bonchev–Trinajstić information content (AvgIpc) is 2.30. The Morgan fingerprint density at radius 1 is 1.42 bits per heavy atom. The highest BCUT2D eigenvalue weighted by molar-refractivity contribution is 5.99. The molecule has 0 amide bonds. The Kier molecular flexibility index (Phi) is 4.35. The summed E-state index contributed by atoms with van der Waals surface area (Å²) in [5, 5.41) is 10.8. The Balaban J connectivity index is 3.24. The van der Waals surface area contributed by atoms with Crippen molar-refractivity contribution in [3.63, 3.8) is 0 Å². The Hall–Kier alpha value is -1.42. The number of hydrogen-bond acceptors (Lipinski definition) is 4. The van der Waals surface area contributed by atoms with Gasteiger partial charge in [0.15, 0.2) is 11.4 Å². The van der Waals surface area contributed by atoms with Crippen LogP contribution in [0.2, 0.25) is 0 Å². The SMILES string of the molecule is CCOC(=O)C1C=CC=C(C)C1(O)C(=O)C(C)(C)C. The first-order chi connectivity index (χ1) is 8.65. The third kappa shape index (κ3) is 2.78.